The van der Waals surface area contributed by atoms with Gasteiger partial charge in [-0.2, -0.15) is 0 Å². The third-order valence-corrected chi connectivity index (χ3v) is 3.46. The quantitative estimate of drug-likeness (QED) is 0.886. The molecule has 6 nitrogen and oxygen atoms in total. The van der Waals surface area contributed by atoms with Crippen LogP contribution in [0.1, 0.15) is 24.5 Å². The molecule has 2 aromatic heterocycles. The van der Waals surface area contributed by atoms with Gasteiger partial charge in [0.25, 0.3) is 0 Å². The van der Waals surface area contributed by atoms with E-state index in [4.69, 9.17) is 5.11 Å². The minimum atomic E-state index is -0.931. The van der Waals surface area contributed by atoms with Crippen LogP contribution in [0.3, 0.4) is 0 Å². The number of nitrogens with zero attached hydrogens (tertiary/aromatic N) is 4. The molecule has 88 valence electrons. The number of rotatable bonds is 4. The monoisotopic (exact) mass is 250 g/mol. The van der Waals surface area contributed by atoms with E-state index in [9.17, 15) is 4.79 Å². The van der Waals surface area contributed by atoms with Crippen molar-refractivity contribution < 1.29 is 9.90 Å². The topological polar surface area (TPSA) is 80.9 Å². The van der Waals surface area contributed by atoms with Crippen LogP contribution < -0.4 is 0 Å². The van der Waals surface area contributed by atoms with Gasteiger partial charge in [0.05, 0.1) is 11.9 Å². The summed E-state index contributed by atoms with van der Waals surface area (Å²) in [5, 5.41) is 19.2. The minimum Gasteiger partial charge on any atom is -0.480 e. The van der Waals surface area contributed by atoms with Crippen LogP contribution in [0.15, 0.2) is 11.6 Å². The summed E-state index contributed by atoms with van der Waals surface area (Å²) in [6.07, 6.45) is 4.05. The van der Waals surface area contributed by atoms with Crippen LogP contribution in [0.5, 0.6) is 0 Å². The number of carbonyl (C=O) groups is 1. The largest absolute Gasteiger partial charge is 0.480 e. The third-order valence-electron chi connectivity index (χ3n) is 2.57. The van der Waals surface area contributed by atoms with Crippen molar-refractivity contribution in [1.82, 2.24) is 20.0 Å². The molecule has 0 amide bonds. The van der Waals surface area contributed by atoms with Gasteiger partial charge in [-0.1, -0.05) is 5.21 Å². The van der Waals surface area contributed by atoms with Crippen LogP contribution in [0.4, 0.5) is 0 Å². The maximum Gasteiger partial charge on any atom is 0.325 e. The lowest BCUT2D eigenvalue weighted by atomic mass is 10.3. The molecule has 0 aliphatic heterocycles. The number of aromatic nitrogens is 4. The number of carboxylic acid groups (broad SMARTS) is 1. The Morgan fingerprint density at radius 1 is 1.59 bits per heavy atom. The van der Waals surface area contributed by atoms with E-state index >= 15 is 0 Å². The molecule has 2 heterocycles. The van der Waals surface area contributed by atoms with E-state index in [0.29, 0.717) is 11.6 Å². The van der Waals surface area contributed by atoms with Crippen molar-refractivity contribution >= 4 is 17.3 Å². The molecule has 1 N–H and O–H groups in total. The van der Waals surface area contributed by atoms with Crippen molar-refractivity contribution in [2.45, 2.75) is 25.3 Å². The maximum absolute atomic E-state index is 10.5. The highest BCUT2D eigenvalue weighted by Crippen LogP contribution is 2.41. The molecule has 1 fully saturated rings. The highest BCUT2D eigenvalue weighted by atomic mass is 32.1. The van der Waals surface area contributed by atoms with Gasteiger partial charge in [0.15, 0.2) is 0 Å². The molecule has 0 saturated heterocycles. The van der Waals surface area contributed by atoms with Gasteiger partial charge in [0, 0.05) is 11.3 Å². The molecular weight excluding hydrogens is 240 g/mol. The molecule has 3 rings (SSSR count). The summed E-state index contributed by atoms with van der Waals surface area (Å²) in [6.45, 7) is -0.173. The fourth-order valence-electron chi connectivity index (χ4n) is 1.58. The molecule has 7 heteroatoms. The fourth-order valence-corrected chi connectivity index (χ4v) is 2.43. The lowest BCUT2D eigenvalue weighted by Crippen LogP contribution is -2.08. The number of hydrogen-bond acceptors (Lipinski definition) is 5. The van der Waals surface area contributed by atoms with Crippen molar-refractivity contribution in [1.29, 1.82) is 0 Å². The Labute approximate surface area is 101 Å². The number of carboxylic acids is 1. The first-order chi connectivity index (χ1) is 8.22. The molecule has 0 atom stereocenters. The normalized spacial score (nSPS) is 15.1. The Bertz CT molecular complexity index is 558. The van der Waals surface area contributed by atoms with E-state index in [1.54, 1.807) is 6.20 Å². The Kier molecular flexibility index (Phi) is 2.40. The summed E-state index contributed by atoms with van der Waals surface area (Å²) >= 11 is 1.53. The summed E-state index contributed by atoms with van der Waals surface area (Å²) in [6, 6.07) is 0. The zero-order valence-corrected chi connectivity index (χ0v) is 9.72. The molecule has 0 aromatic carbocycles. The van der Waals surface area contributed by atoms with Crippen LogP contribution in [-0.2, 0) is 11.3 Å². The molecule has 0 radical (unpaired) electrons. The maximum atomic E-state index is 10.5. The van der Waals surface area contributed by atoms with Crippen molar-refractivity contribution in [3.8, 4) is 10.7 Å². The van der Waals surface area contributed by atoms with Gasteiger partial charge in [-0.15, -0.1) is 16.4 Å². The van der Waals surface area contributed by atoms with Gasteiger partial charge in [0.1, 0.15) is 17.2 Å². The standard InChI is InChI=1S/C10H10N4O2S/c15-9(16)4-14-3-7(12-13-14)10-11-8(5-17-10)6-1-2-6/h3,5-6H,1-2,4H2,(H,15,16). The molecule has 1 aliphatic rings. The van der Waals surface area contributed by atoms with Crippen LogP contribution in [0.25, 0.3) is 10.7 Å². The van der Waals surface area contributed by atoms with Crippen LogP contribution in [0.2, 0.25) is 0 Å². The summed E-state index contributed by atoms with van der Waals surface area (Å²) < 4.78 is 1.30. The Morgan fingerprint density at radius 2 is 2.41 bits per heavy atom. The molecular formula is C10H10N4O2S. The highest BCUT2D eigenvalue weighted by molar-refractivity contribution is 7.13. The van der Waals surface area contributed by atoms with Gasteiger partial charge in [-0.3, -0.25) is 4.79 Å². The fraction of sp³-hybridized carbons (Fsp3) is 0.400. The van der Waals surface area contributed by atoms with E-state index < -0.39 is 5.97 Å². The molecule has 1 aliphatic carbocycles. The summed E-state index contributed by atoms with van der Waals surface area (Å²) in [7, 11) is 0. The summed E-state index contributed by atoms with van der Waals surface area (Å²) in [5.74, 6) is -0.312. The summed E-state index contributed by atoms with van der Waals surface area (Å²) in [4.78, 5) is 15.0. The second kappa shape index (κ2) is 3.92. The van der Waals surface area contributed by atoms with Gasteiger partial charge < -0.3 is 5.11 Å². The zero-order chi connectivity index (χ0) is 11.8. The second-order valence-electron chi connectivity index (χ2n) is 4.05. The van der Waals surface area contributed by atoms with Crippen LogP contribution in [-0.4, -0.2) is 31.1 Å². The predicted molar refractivity (Wildman–Crippen MR) is 60.7 cm³/mol. The van der Waals surface area contributed by atoms with Crippen molar-refractivity contribution in [2.75, 3.05) is 0 Å². The van der Waals surface area contributed by atoms with Crippen molar-refractivity contribution in [3.05, 3.63) is 17.3 Å². The highest BCUT2D eigenvalue weighted by Gasteiger charge is 2.26. The van der Waals surface area contributed by atoms with Crippen LogP contribution >= 0.6 is 11.3 Å². The average Bonchev–Trinajstić information content (AvgIpc) is 2.84. The number of aliphatic carboxylic acids is 1. The number of hydrogen-bond donors (Lipinski definition) is 1. The van der Waals surface area contributed by atoms with E-state index in [-0.39, 0.29) is 6.54 Å². The van der Waals surface area contributed by atoms with Gasteiger partial charge in [-0.25, -0.2) is 9.67 Å². The molecule has 2 aromatic rings. The number of thiazole rings is 1. The van der Waals surface area contributed by atoms with Gasteiger partial charge in [0.2, 0.25) is 0 Å². The lowest BCUT2D eigenvalue weighted by molar-refractivity contribution is -0.137. The van der Waals surface area contributed by atoms with Gasteiger partial charge >= 0.3 is 5.97 Å². The van der Waals surface area contributed by atoms with Crippen molar-refractivity contribution in [3.63, 3.8) is 0 Å². The molecule has 1 saturated carbocycles. The molecule has 0 spiro atoms. The molecule has 0 unspecified atom stereocenters. The lowest BCUT2D eigenvalue weighted by Gasteiger charge is -1.91. The first kappa shape index (κ1) is 10.4. The van der Waals surface area contributed by atoms with Gasteiger partial charge in [-0.05, 0) is 12.8 Å². The van der Waals surface area contributed by atoms with E-state index in [0.717, 1.165) is 10.7 Å². The Balaban J connectivity index is 1.81. The van der Waals surface area contributed by atoms with Crippen LogP contribution in [0, 0.1) is 0 Å². The molecule has 17 heavy (non-hydrogen) atoms. The third kappa shape index (κ3) is 2.19. The first-order valence-corrected chi connectivity index (χ1v) is 6.18. The average molecular weight is 250 g/mol. The Hall–Kier alpha value is -1.76. The molecule has 0 bridgehead atoms. The SMILES string of the molecule is O=C(O)Cn1cc(-c2nc(C3CC3)cs2)nn1. The van der Waals surface area contributed by atoms with E-state index in [1.807, 2.05) is 5.38 Å². The van der Waals surface area contributed by atoms with Crippen molar-refractivity contribution in [2.24, 2.45) is 0 Å². The minimum absolute atomic E-state index is 0.173. The first-order valence-electron chi connectivity index (χ1n) is 5.30. The summed E-state index contributed by atoms with van der Waals surface area (Å²) in [5.41, 5.74) is 1.76. The van der Waals surface area contributed by atoms with E-state index in [2.05, 4.69) is 15.3 Å². The zero-order valence-electron chi connectivity index (χ0n) is 8.91. The smallest absolute Gasteiger partial charge is 0.325 e. The Morgan fingerprint density at radius 3 is 3.12 bits per heavy atom. The van der Waals surface area contributed by atoms with E-state index in [1.165, 1.54) is 28.9 Å². The predicted octanol–water partition coefficient (Wildman–Crippen LogP) is 1.36. The second-order valence-corrected chi connectivity index (χ2v) is 4.91.